The topological polar surface area (TPSA) is 117 Å². The van der Waals surface area contributed by atoms with Crippen LogP contribution in [0, 0.1) is 0 Å². The van der Waals surface area contributed by atoms with Gasteiger partial charge in [0.15, 0.2) is 4.88 Å². The number of fused-ring (bicyclic) bond motifs is 3. The molecule has 3 rings (SSSR count). The molecule has 114 valence electrons. The molecule has 2 heterocycles. The van der Waals surface area contributed by atoms with Crippen LogP contribution in [0.2, 0.25) is 0 Å². The number of carbonyl (C=O) groups is 1. The average Bonchev–Trinajstić information content (AvgIpc) is 2.91. The Hall–Kier alpha value is -2.17. The number of nitrogens with one attached hydrogen (secondary N) is 1. The molecular weight excluding hydrogens is 328 g/mol. The van der Waals surface area contributed by atoms with Gasteiger partial charge in [0.05, 0.1) is 12.1 Å². The molecule has 1 aromatic carbocycles. The summed E-state index contributed by atoms with van der Waals surface area (Å²) in [7, 11) is 0. The van der Waals surface area contributed by atoms with Crippen molar-refractivity contribution in [2.75, 3.05) is 11.3 Å². The van der Waals surface area contributed by atoms with Crippen LogP contribution in [0.3, 0.4) is 0 Å². The minimum absolute atomic E-state index is 0.253. The van der Waals surface area contributed by atoms with Crippen molar-refractivity contribution in [3.63, 3.8) is 0 Å². The Morgan fingerprint density at radius 3 is 2.95 bits per heavy atom. The quantitative estimate of drug-likeness (QED) is 0.568. The van der Waals surface area contributed by atoms with E-state index in [1.165, 1.54) is 0 Å². The van der Waals surface area contributed by atoms with Crippen molar-refractivity contribution in [2.45, 2.75) is 6.92 Å². The van der Waals surface area contributed by atoms with E-state index in [0.29, 0.717) is 27.6 Å². The van der Waals surface area contributed by atoms with E-state index in [-0.39, 0.29) is 11.5 Å². The predicted octanol–water partition coefficient (Wildman–Crippen LogP) is 1.62. The maximum Gasteiger partial charge on any atom is 0.352 e. The monoisotopic (exact) mass is 337 g/mol. The largest absolute Gasteiger partial charge is 0.755 e. The molecule has 0 aliphatic rings. The van der Waals surface area contributed by atoms with Crippen LogP contribution in [0.25, 0.3) is 21.9 Å². The Kier molecular flexibility index (Phi) is 3.96. The first kappa shape index (κ1) is 14.8. The highest BCUT2D eigenvalue weighted by atomic mass is 32.2. The lowest BCUT2D eigenvalue weighted by Gasteiger charge is -2.08. The van der Waals surface area contributed by atoms with Crippen LogP contribution in [0.15, 0.2) is 18.2 Å². The Bertz CT molecular complexity index is 895. The molecule has 1 unspecified atom stereocenters. The molecule has 2 aromatic heterocycles. The van der Waals surface area contributed by atoms with Gasteiger partial charge in [0, 0.05) is 22.3 Å². The van der Waals surface area contributed by atoms with Gasteiger partial charge in [-0.3, -0.25) is 4.21 Å². The van der Waals surface area contributed by atoms with E-state index in [1.807, 2.05) is 0 Å². The third kappa shape index (κ3) is 2.63. The number of esters is 1. The lowest BCUT2D eigenvalue weighted by atomic mass is 10.2. The van der Waals surface area contributed by atoms with Gasteiger partial charge in [0.2, 0.25) is 0 Å². The minimum atomic E-state index is -2.43. The van der Waals surface area contributed by atoms with Gasteiger partial charge in [0.25, 0.3) is 0 Å². The van der Waals surface area contributed by atoms with Gasteiger partial charge in [-0.25, -0.2) is 4.79 Å². The number of anilines is 1. The van der Waals surface area contributed by atoms with Crippen molar-refractivity contribution in [1.82, 2.24) is 14.6 Å². The second-order valence-corrected chi connectivity index (χ2v) is 5.65. The number of aromatic nitrogens is 3. The van der Waals surface area contributed by atoms with Gasteiger partial charge in [0.1, 0.15) is 11.0 Å². The standard InChI is InChI=1S/C12H10N4O4S2/c1-2-20-12(17)11-10-9(15-21-11)7-5-6(16-22(18)19)3-4-8(7)13-14-10/h3-5,16H,2H2,1H3,(H,18,19)/p-1. The Morgan fingerprint density at radius 1 is 1.41 bits per heavy atom. The zero-order chi connectivity index (χ0) is 15.7. The zero-order valence-electron chi connectivity index (χ0n) is 11.2. The van der Waals surface area contributed by atoms with Gasteiger partial charge >= 0.3 is 5.97 Å². The van der Waals surface area contributed by atoms with Crippen LogP contribution in [0.5, 0.6) is 0 Å². The molecule has 0 radical (unpaired) electrons. The predicted molar refractivity (Wildman–Crippen MR) is 81.2 cm³/mol. The second-order valence-electron chi connectivity index (χ2n) is 4.20. The highest BCUT2D eigenvalue weighted by molar-refractivity contribution is 7.80. The Labute approximate surface area is 131 Å². The van der Waals surface area contributed by atoms with Crippen LogP contribution >= 0.6 is 11.5 Å². The lowest BCUT2D eigenvalue weighted by Crippen LogP contribution is -2.04. The summed E-state index contributed by atoms with van der Waals surface area (Å²) < 4.78 is 32.9. The summed E-state index contributed by atoms with van der Waals surface area (Å²) >= 11 is -1.45. The summed E-state index contributed by atoms with van der Waals surface area (Å²) in [5, 5.41) is 8.65. The maximum atomic E-state index is 11.9. The van der Waals surface area contributed by atoms with Gasteiger partial charge in [-0.15, -0.1) is 10.2 Å². The van der Waals surface area contributed by atoms with E-state index in [4.69, 9.17) is 4.74 Å². The first-order chi connectivity index (χ1) is 10.6. The van der Waals surface area contributed by atoms with Crippen LogP contribution in [0.1, 0.15) is 16.6 Å². The van der Waals surface area contributed by atoms with Crippen LogP contribution < -0.4 is 4.72 Å². The Balaban J connectivity index is 2.17. The summed E-state index contributed by atoms with van der Waals surface area (Å²) in [4.78, 5) is 12.1. The third-order valence-electron chi connectivity index (χ3n) is 2.84. The molecule has 0 spiro atoms. The smallest absolute Gasteiger partial charge is 0.352 e. The van der Waals surface area contributed by atoms with E-state index in [1.54, 1.807) is 25.1 Å². The van der Waals surface area contributed by atoms with Gasteiger partial charge in [-0.2, -0.15) is 4.37 Å². The maximum absolute atomic E-state index is 11.9. The summed E-state index contributed by atoms with van der Waals surface area (Å²) in [5.74, 6) is -0.501. The first-order valence-corrected chi connectivity index (χ1v) is 8.04. The van der Waals surface area contributed by atoms with Crippen molar-refractivity contribution in [2.24, 2.45) is 0 Å². The molecule has 0 fully saturated rings. The highest BCUT2D eigenvalue weighted by Crippen LogP contribution is 2.28. The van der Waals surface area contributed by atoms with Crippen molar-refractivity contribution in [3.05, 3.63) is 23.1 Å². The molecule has 0 bridgehead atoms. The van der Waals surface area contributed by atoms with E-state index < -0.39 is 17.2 Å². The number of benzene rings is 1. The molecule has 0 aliphatic heterocycles. The molecule has 3 aromatic rings. The molecule has 0 saturated heterocycles. The van der Waals surface area contributed by atoms with Crippen molar-refractivity contribution in [3.8, 4) is 0 Å². The fourth-order valence-electron chi connectivity index (χ4n) is 1.96. The highest BCUT2D eigenvalue weighted by Gasteiger charge is 2.19. The lowest BCUT2D eigenvalue weighted by molar-refractivity contribution is 0.0534. The van der Waals surface area contributed by atoms with E-state index in [0.717, 1.165) is 11.5 Å². The average molecular weight is 337 g/mol. The summed E-state index contributed by atoms with van der Waals surface area (Å²) in [6.45, 7) is 1.96. The molecule has 0 amide bonds. The third-order valence-corrected chi connectivity index (χ3v) is 4.06. The fraction of sp³-hybridized carbons (Fsp3) is 0.167. The van der Waals surface area contributed by atoms with E-state index >= 15 is 0 Å². The van der Waals surface area contributed by atoms with E-state index in [9.17, 15) is 13.6 Å². The SMILES string of the molecule is CCOC(=O)c1snc2c1nnc1ccc(NS(=O)[O-])cc12. The molecule has 8 nitrogen and oxygen atoms in total. The summed E-state index contributed by atoms with van der Waals surface area (Å²) in [6, 6.07) is 4.79. The summed E-state index contributed by atoms with van der Waals surface area (Å²) in [5.41, 5.74) is 1.76. The molecular formula is C12H9N4O4S2-. The van der Waals surface area contributed by atoms with Crippen LogP contribution in [-0.4, -0.2) is 35.9 Å². The number of ether oxygens (including phenoxy) is 1. The molecule has 1 N–H and O–H groups in total. The number of hydrogen-bond donors (Lipinski definition) is 1. The molecule has 0 aliphatic carbocycles. The normalized spacial score (nSPS) is 12.5. The minimum Gasteiger partial charge on any atom is -0.755 e. The van der Waals surface area contributed by atoms with Crippen molar-refractivity contribution < 1.29 is 18.3 Å². The van der Waals surface area contributed by atoms with Gasteiger partial charge in [-0.05, 0) is 36.7 Å². The molecule has 1 atom stereocenters. The molecule has 10 heteroatoms. The Morgan fingerprint density at radius 2 is 2.23 bits per heavy atom. The molecule has 0 saturated carbocycles. The van der Waals surface area contributed by atoms with Crippen molar-refractivity contribution in [1.29, 1.82) is 0 Å². The van der Waals surface area contributed by atoms with Crippen molar-refractivity contribution >= 4 is 56.4 Å². The zero-order valence-corrected chi connectivity index (χ0v) is 12.9. The van der Waals surface area contributed by atoms with E-state index in [2.05, 4.69) is 19.3 Å². The second kappa shape index (κ2) is 5.91. The number of rotatable bonds is 4. The van der Waals surface area contributed by atoms with Crippen LogP contribution in [0.4, 0.5) is 5.69 Å². The summed E-state index contributed by atoms with van der Waals surface area (Å²) in [6.07, 6.45) is 0. The fourth-order valence-corrected chi connectivity index (χ4v) is 3.01. The number of nitrogens with zero attached hydrogens (tertiary/aromatic N) is 3. The number of hydrogen-bond acceptors (Lipinski definition) is 8. The first-order valence-electron chi connectivity index (χ1n) is 6.19. The van der Waals surface area contributed by atoms with Gasteiger partial charge < -0.3 is 14.0 Å². The number of carbonyl (C=O) groups excluding carboxylic acids is 1. The van der Waals surface area contributed by atoms with Crippen LogP contribution in [-0.2, 0) is 16.0 Å². The van der Waals surface area contributed by atoms with Gasteiger partial charge in [-0.1, -0.05) is 0 Å². The molecule has 22 heavy (non-hydrogen) atoms.